The molecule has 0 amide bonds. The molecule has 92 valence electrons. The summed E-state index contributed by atoms with van der Waals surface area (Å²) in [5.74, 6) is -0.691. The number of hydrogen-bond donors (Lipinski definition) is 1. The van der Waals surface area contributed by atoms with Crippen molar-refractivity contribution in [3.63, 3.8) is 0 Å². The maximum Gasteiger partial charge on any atom is 0.335 e. The Labute approximate surface area is 112 Å². The van der Waals surface area contributed by atoms with E-state index in [2.05, 4.69) is 20.9 Å². The molecule has 1 heterocycles. The van der Waals surface area contributed by atoms with Gasteiger partial charge in [-0.2, -0.15) is 0 Å². The van der Waals surface area contributed by atoms with Gasteiger partial charge in [-0.05, 0) is 23.8 Å². The average Bonchev–Trinajstić information content (AvgIpc) is 2.38. The smallest absolute Gasteiger partial charge is 0.335 e. The van der Waals surface area contributed by atoms with Gasteiger partial charge in [-0.1, -0.05) is 28.1 Å². The second kappa shape index (κ2) is 5.64. The zero-order valence-electron chi connectivity index (χ0n) is 9.34. The number of pyridine rings is 1. The number of benzene rings is 1. The first-order valence-corrected chi connectivity index (χ1v) is 6.01. The highest BCUT2D eigenvalue weighted by molar-refractivity contribution is 9.10. The topological polar surface area (TPSA) is 59.4 Å². The predicted octanol–water partition coefficient (Wildman–Crippen LogP) is 3.12. The first-order valence-electron chi connectivity index (χ1n) is 5.22. The number of hydrogen-bond acceptors (Lipinski definition) is 3. The normalized spacial score (nSPS) is 10.1. The molecule has 0 aliphatic heterocycles. The number of aromatic nitrogens is 1. The Bertz CT molecular complexity index is 554. The van der Waals surface area contributed by atoms with Gasteiger partial charge < -0.3 is 9.84 Å². The molecule has 1 N–H and O–H groups in total. The summed E-state index contributed by atoms with van der Waals surface area (Å²) in [7, 11) is 0. The van der Waals surface area contributed by atoms with E-state index in [9.17, 15) is 4.79 Å². The van der Waals surface area contributed by atoms with E-state index in [0.29, 0.717) is 12.5 Å². The predicted molar refractivity (Wildman–Crippen MR) is 69.7 cm³/mol. The minimum absolute atomic E-state index is 0.163. The fourth-order valence-corrected chi connectivity index (χ4v) is 1.62. The zero-order valence-corrected chi connectivity index (χ0v) is 10.9. The molecule has 0 aliphatic carbocycles. The van der Waals surface area contributed by atoms with Crippen molar-refractivity contribution in [2.24, 2.45) is 0 Å². The molecule has 0 radical (unpaired) electrons. The van der Waals surface area contributed by atoms with Gasteiger partial charge in [-0.15, -0.1) is 0 Å². The molecule has 0 atom stereocenters. The number of ether oxygens (including phenoxy) is 1. The summed E-state index contributed by atoms with van der Waals surface area (Å²) in [6.45, 7) is 0.351. The van der Waals surface area contributed by atoms with Crippen LogP contribution in [0.5, 0.6) is 5.88 Å². The Morgan fingerprint density at radius 2 is 2.00 bits per heavy atom. The molecule has 4 nitrogen and oxygen atoms in total. The molecule has 0 saturated heterocycles. The highest BCUT2D eigenvalue weighted by Gasteiger charge is 2.05. The van der Waals surface area contributed by atoms with Gasteiger partial charge in [-0.25, -0.2) is 9.78 Å². The summed E-state index contributed by atoms with van der Waals surface area (Å²) in [6.07, 6.45) is 1.42. The largest absolute Gasteiger partial charge is 0.478 e. The Morgan fingerprint density at radius 3 is 2.67 bits per heavy atom. The second-order valence-electron chi connectivity index (χ2n) is 3.60. The molecule has 0 fully saturated rings. The summed E-state index contributed by atoms with van der Waals surface area (Å²) in [5, 5.41) is 8.84. The van der Waals surface area contributed by atoms with Gasteiger partial charge in [0, 0.05) is 16.7 Å². The highest BCUT2D eigenvalue weighted by Crippen LogP contribution is 2.14. The maximum absolute atomic E-state index is 10.8. The number of carbonyl (C=O) groups is 1. The van der Waals surface area contributed by atoms with Gasteiger partial charge in [0.2, 0.25) is 5.88 Å². The molecular formula is C13H10BrNO3. The van der Waals surface area contributed by atoms with Crippen molar-refractivity contribution in [1.82, 2.24) is 4.98 Å². The fourth-order valence-electron chi connectivity index (χ4n) is 1.36. The van der Waals surface area contributed by atoms with Crippen LogP contribution in [0.4, 0.5) is 0 Å². The van der Waals surface area contributed by atoms with E-state index >= 15 is 0 Å². The number of nitrogens with zero attached hydrogens (tertiary/aromatic N) is 1. The summed E-state index contributed by atoms with van der Waals surface area (Å²) in [4.78, 5) is 14.7. The third-order valence-corrected chi connectivity index (χ3v) is 2.81. The third kappa shape index (κ3) is 3.30. The first-order chi connectivity index (χ1) is 8.65. The van der Waals surface area contributed by atoms with Crippen LogP contribution in [0.25, 0.3) is 0 Å². The zero-order chi connectivity index (χ0) is 13.0. The van der Waals surface area contributed by atoms with E-state index in [1.165, 1.54) is 18.3 Å². The van der Waals surface area contributed by atoms with Crippen molar-refractivity contribution < 1.29 is 14.6 Å². The lowest BCUT2D eigenvalue weighted by molar-refractivity contribution is 0.0696. The number of aromatic carboxylic acids is 1. The SMILES string of the molecule is O=C(O)c1ccnc(OCc2ccc(Br)cc2)c1. The number of carboxylic acid groups (broad SMARTS) is 1. The van der Waals surface area contributed by atoms with Gasteiger partial charge in [0.05, 0.1) is 5.56 Å². The van der Waals surface area contributed by atoms with Gasteiger partial charge in [-0.3, -0.25) is 0 Å². The van der Waals surface area contributed by atoms with Crippen LogP contribution in [0, 0.1) is 0 Å². The monoisotopic (exact) mass is 307 g/mol. The standard InChI is InChI=1S/C13H10BrNO3/c14-11-3-1-9(2-4-11)8-18-12-7-10(13(16)17)5-6-15-12/h1-7H,8H2,(H,16,17). The quantitative estimate of drug-likeness (QED) is 0.943. The molecule has 0 unspecified atom stereocenters. The molecule has 0 saturated carbocycles. The van der Waals surface area contributed by atoms with Crippen LogP contribution >= 0.6 is 15.9 Å². The summed E-state index contributed by atoms with van der Waals surface area (Å²) in [5.41, 5.74) is 1.15. The number of carboxylic acids is 1. The highest BCUT2D eigenvalue weighted by atomic mass is 79.9. The second-order valence-corrected chi connectivity index (χ2v) is 4.52. The molecule has 1 aromatic carbocycles. The van der Waals surface area contributed by atoms with Crippen molar-refractivity contribution in [3.05, 3.63) is 58.2 Å². The lowest BCUT2D eigenvalue weighted by atomic mass is 10.2. The van der Waals surface area contributed by atoms with E-state index in [4.69, 9.17) is 9.84 Å². The van der Waals surface area contributed by atoms with E-state index < -0.39 is 5.97 Å². The molecule has 1 aromatic heterocycles. The van der Waals surface area contributed by atoms with Crippen LogP contribution < -0.4 is 4.74 Å². The molecule has 0 aliphatic rings. The van der Waals surface area contributed by atoms with Crippen LogP contribution in [0.3, 0.4) is 0 Å². The van der Waals surface area contributed by atoms with Crippen LogP contribution in [-0.4, -0.2) is 16.1 Å². The van der Waals surface area contributed by atoms with Crippen LogP contribution in [0.15, 0.2) is 47.1 Å². The van der Waals surface area contributed by atoms with Crippen LogP contribution in [0.1, 0.15) is 15.9 Å². The lowest BCUT2D eigenvalue weighted by Crippen LogP contribution is -2.00. The van der Waals surface area contributed by atoms with Crippen molar-refractivity contribution in [3.8, 4) is 5.88 Å². The maximum atomic E-state index is 10.8. The van der Waals surface area contributed by atoms with E-state index in [1.54, 1.807) is 0 Å². The number of halogens is 1. The van der Waals surface area contributed by atoms with Gasteiger partial charge in [0.25, 0.3) is 0 Å². The Morgan fingerprint density at radius 1 is 1.28 bits per heavy atom. The van der Waals surface area contributed by atoms with Crippen LogP contribution in [0.2, 0.25) is 0 Å². The van der Waals surface area contributed by atoms with Gasteiger partial charge in [0.15, 0.2) is 0 Å². The lowest BCUT2D eigenvalue weighted by Gasteiger charge is -2.05. The van der Waals surface area contributed by atoms with E-state index in [0.717, 1.165) is 10.0 Å². The van der Waals surface area contributed by atoms with Crippen molar-refractivity contribution in [2.45, 2.75) is 6.61 Å². The van der Waals surface area contributed by atoms with E-state index in [1.807, 2.05) is 24.3 Å². The summed E-state index contributed by atoms with van der Waals surface area (Å²) in [6, 6.07) is 10.5. The fraction of sp³-hybridized carbons (Fsp3) is 0.0769. The molecular weight excluding hydrogens is 298 g/mol. The Kier molecular flexibility index (Phi) is 3.94. The molecule has 2 aromatic rings. The number of rotatable bonds is 4. The third-order valence-electron chi connectivity index (χ3n) is 2.28. The van der Waals surface area contributed by atoms with Crippen molar-refractivity contribution in [1.29, 1.82) is 0 Å². The first kappa shape index (κ1) is 12.6. The van der Waals surface area contributed by atoms with E-state index in [-0.39, 0.29) is 5.56 Å². The Hall–Kier alpha value is -1.88. The van der Waals surface area contributed by atoms with Crippen molar-refractivity contribution in [2.75, 3.05) is 0 Å². The van der Waals surface area contributed by atoms with Gasteiger partial charge in [0.1, 0.15) is 6.61 Å². The molecule has 2 rings (SSSR count). The minimum Gasteiger partial charge on any atom is -0.478 e. The summed E-state index contributed by atoms with van der Waals surface area (Å²) < 4.78 is 6.43. The summed E-state index contributed by atoms with van der Waals surface area (Å²) >= 11 is 3.35. The minimum atomic E-state index is -0.995. The van der Waals surface area contributed by atoms with Crippen molar-refractivity contribution >= 4 is 21.9 Å². The van der Waals surface area contributed by atoms with Gasteiger partial charge >= 0.3 is 5.97 Å². The molecule has 5 heteroatoms. The van der Waals surface area contributed by atoms with Crippen LogP contribution in [-0.2, 0) is 6.61 Å². The molecule has 18 heavy (non-hydrogen) atoms. The molecule has 0 spiro atoms. The average molecular weight is 308 g/mol. The molecule has 0 bridgehead atoms. The Balaban J connectivity index is 2.04.